The molecule has 0 spiro atoms. The van der Waals surface area contributed by atoms with Crippen molar-refractivity contribution in [3.8, 4) is 0 Å². The Hall–Kier alpha value is -3.75. The van der Waals surface area contributed by atoms with Gasteiger partial charge in [0.25, 0.3) is 11.8 Å². The molecule has 0 aromatic heterocycles. The van der Waals surface area contributed by atoms with Crippen molar-refractivity contribution >= 4 is 29.4 Å². The molecule has 0 unspecified atom stereocenters. The number of nitrogens with one attached hydrogen (secondary N) is 3. The van der Waals surface area contributed by atoms with E-state index in [4.69, 9.17) is 0 Å². The molecule has 8 nitrogen and oxygen atoms in total. The summed E-state index contributed by atoms with van der Waals surface area (Å²) in [5, 5.41) is 8.08. The molecular formula is C23H25FN4O4. The van der Waals surface area contributed by atoms with Crippen LogP contribution in [0.4, 0.5) is 14.9 Å². The Morgan fingerprint density at radius 2 is 1.75 bits per heavy atom. The topological polar surface area (TPSA) is 108 Å². The second-order valence-corrected chi connectivity index (χ2v) is 7.55. The maximum Gasteiger partial charge on any atom is 0.325 e. The van der Waals surface area contributed by atoms with Gasteiger partial charge in [-0.25, -0.2) is 9.18 Å². The van der Waals surface area contributed by atoms with Gasteiger partial charge in [-0.3, -0.25) is 19.3 Å². The van der Waals surface area contributed by atoms with Crippen LogP contribution in [0.3, 0.4) is 0 Å². The second-order valence-electron chi connectivity index (χ2n) is 7.55. The van der Waals surface area contributed by atoms with Crippen molar-refractivity contribution in [1.29, 1.82) is 0 Å². The minimum absolute atomic E-state index is 0.148. The molecule has 0 radical (unpaired) electrons. The first-order valence-corrected chi connectivity index (χ1v) is 10.3. The number of amides is 5. The molecule has 9 heteroatoms. The lowest BCUT2D eigenvalue weighted by Crippen LogP contribution is -2.46. The van der Waals surface area contributed by atoms with Crippen LogP contribution in [0.1, 0.15) is 42.6 Å². The molecule has 0 atom stereocenters. The maximum absolute atomic E-state index is 13.0. The third-order valence-electron chi connectivity index (χ3n) is 5.54. The fourth-order valence-corrected chi connectivity index (χ4v) is 3.51. The molecule has 1 fully saturated rings. The molecule has 1 aliphatic heterocycles. The van der Waals surface area contributed by atoms with E-state index in [0.717, 1.165) is 4.90 Å². The van der Waals surface area contributed by atoms with Gasteiger partial charge in [0.1, 0.15) is 17.9 Å². The highest BCUT2D eigenvalue weighted by Crippen LogP contribution is 2.24. The van der Waals surface area contributed by atoms with Crippen molar-refractivity contribution in [2.45, 2.75) is 38.8 Å². The molecule has 2 aromatic rings. The minimum atomic E-state index is -0.950. The number of urea groups is 1. The third-order valence-corrected chi connectivity index (χ3v) is 5.54. The van der Waals surface area contributed by atoms with Gasteiger partial charge in [0.15, 0.2) is 0 Å². The van der Waals surface area contributed by atoms with E-state index in [2.05, 4.69) is 16.0 Å². The summed E-state index contributed by atoms with van der Waals surface area (Å²) in [5.74, 6) is -1.69. The quantitative estimate of drug-likeness (QED) is 0.549. The van der Waals surface area contributed by atoms with Gasteiger partial charge in [-0.1, -0.05) is 26.0 Å². The van der Waals surface area contributed by atoms with E-state index in [1.807, 2.05) is 13.8 Å². The van der Waals surface area contributed by atoms with Gasteiger partial charge in [-0.15, -0.1) is 0 Å². The minimum Gasteiger partial charge on any atom is -0.350 e. The van der Waals surface area contributed by atoms with Gasteiger partial charge in [0.05, 0.1) is 0 Å². The van der Waals surface area contributed by atoms with Crippen LogP contribution in [0.25, 0.3) is 0 Å². The summed E-state index contributed by atoms with van der Waals surface area (Å²) in [5.41, 5.74) is 0.586. The second kappa shape index (κ2) is 9.59. The number of halogens is 1. The lowest BCUT2D eigenvalue weighted by atomic mass is 9.93. The zero-order valence-corrected chi connectivity index (χ0v) is 17.9. The Morgan fingerprint density at radius 3 is 2.38 bits per heavy atom. The molecule has 5 amide bonds. The van der Waals surface area contributed by atoms with Crippen LogP contribution in [0, 0.1) is 5.82 Å². The van der Waals surface area contributed by atoms with E-state index >= 15 is 0 Å². The van der Waals surface area contributed by atoms with E-state index in [-0.39, 0.29) is 19.0 Å². The van der Waals surface area contributed by atoms with Crippen molar-refractivity contribution in [1.82, 2.24) is 15.5 Å². The number of carbonyl (C=O) groups excluding carboxylic acids is 4. The van der Waals surface area contributed by atoms with E-state index in [1.165, 1.54) is 24.3 Å². The average Bonchev–Trinajstić information content (AvgIpc) is 3.03. The van der Waals surface area contributed by atoms with Crippen LogP contribution in [0.15, 0.2) is 48.5 Å². The summed E-state index contributed by atoms with van der Waals surface area (Å²) in [7, 11) is 0. The number of anilines is 1. The molecule has 1 aliphatic rings. The van der Waals surface area contributed by atoms with Crippen LogP contribution in [0.5, 0.6) is 0 Å². The molecule has 3 rings (SSSR count). The summed E-state index contributed by atoms with van der Waals surface area (Å²) in [6.45, 7) is 3.41. The van der Waals surface area contributed by atoms with Gasteiger partial charge >= 0.3 is 6.03 Å². The number of nitrogens with zero attached hydrogens (tertiary/aromatic N) is 1. The van der Waals surface area contributed by atoms with Gasteiger partial charge in [-0.2, -0.15) is 0 Å². The summed E-state index contributed by atoms with van der Waals surface area (Å²) in [6, 6.07) is 11.5. The number of benzene rings is 2. The predicted octanol–water partition coefficient (Wildman–Crippen LogP) is 2.80. The van der Waals surface area contributed by atoms with E-state index in [9.17, 15) is 23.6 Å². The lowest BCUT2D eigenvalue weighted by molar-refractivity contribution is -0.135. The van der Waals surface area contributed by atoms with Gasteiger partial charge < -0.3 is 16.0 Å². The van der Waals surface area contributed by atoms with Gasteiger partial charge in [0.2, 0.25) is 5.91 Å². The molecule has 1 heterocycles. The van der Waals surface area contributed by atoms with Crippen LogP contribution in [-0.2, 0) is 16.1 Å². The molecule has 3 N–H and O–H groups in total. The molecule has 0 saturated carbocycles. The normalized spacial score (nSPS) is 14.8. The Bertz CT molecular complexity index is 1030. The highest BCUT2D eigenvalue weighted by atomic mass is 19.1. The predicted molar refractivity (Wildman–Crippen MR) is 116 cm³/mol. The van der Waals surface area contributed by atoms with Crippen LogP contribution >= 0.6 is 0 Å². The van der Waals surface area contributed by atoms with Crippen LogP contribution < -0.4 is 16.0 Å². The summed E-state index contributed by atoms with van der Waals surface area (Å²) in [4.78, 5) is 50.3. The van der Waals surface area contributed by atoms with Gasteiger partial charge in [-0.05, 0) is 54.8 Å². The van der Waals surface area contributed by atoms with E-state index in [0.29, 0.717) is 29.7 Å². The van der Waals surface area contributed by atoms with Crippen molar-refractivity contribution in [2.75, 3.05) is 11.9 Å². The van der Waals surface area contributed by atoms with Crippen molar-refractivity contribution in [2.24, 2.45) is 0 Å². The molecule has 168 valence electrons. The monoisotopic (exact) mass is 440 g/mol. The zero-order valence-electron chi connectivity index (χ0n) is 17.9. The molecule has 0 bridgehead atoms. The average molecular weight is 440 g/mol. The van der Waals surface area contributed by atoms with Crippen molar-refractivity contribution < 1.29 is 23.6 Å². The zero-order chi connectivity index (χ0) is 23.3. The van der Waals surface area contributed by atoms with E-state index < -0.39 is 29.2 Å². The van der Waals surface area contributed by atoms with E-state index in [1.54, 1.807) is 24.3 Å². The summed E-state index contributed by atoms with van der Waals surface area (Å²) < 4.78 is 13.0. The van der Waals surface area contributed by atoms with Crippen molar-refractivity contribution in [3.63, 3.8) is 0 Å². The SMILES string of the molecule is CCC1(CC)NC(=O)N(CC(=O)NCc2cccc(NC(=O)c3ccc(F)cc3)c2)C1=O. The highest BCUT2D eigenvalue weighted by Gasteiger charge is 2.49. The molecular weight excluding hydrogens is 415 g/mol. The number of rotatable bonds is 8. The van der Waals surface area contributed by atoms with Crippen LogP contribution in [0.2, 0.25) is 0 Å². The summed E-state index contributed by atoms with van der Waals surface area (Å²) >= 11 is 0. The fraction of sp³-hybridized carbons (Fsp3) is 0.304. The standard InChI is InChI=1S/C23H25FN4O4/c1-3-23(4-2)21(31)28(22(32)27-23)14-19(29)25-13-15-6-5-7-18(12-15)26-20(30)16-8-10-17(24)11-9-16/h5-12H,3-4,13-14H2,1-2H3,(H,25,29)(H,26,30)(H,27,32). The molecule has 1 saturated heterocycles. The fourth-order valence-electron chi connectivity index (χ4n) is 3.51. The Labute approximate surface area is 185 Å². The number of hydrogen-bond donors (Lipinski definition) is 3. The van der Waals surface area contributed by atoms with Gasteiger partial charge in [0, 0.05) is 17.8 Å². The van der Waals surface area contributed by atoms with Crippen molar-refractivity contribution in [3.05, 3.63) is 65.5 Å². The Balaban J connectivity index is 1.56. The maximum atomic E-state index is 13.0. The molecule has 0 aliphatic carbocycles. The first-order chi connectivity index (χ1) is 15.3. The highest BCUT2D eigenvalue weighted by molar-refractivity contribution is 6.09. The summed E-state index contributed by atoms with van der Waals surface area (Å²) in [6.07, 6.45) is 0.894. The molecule has 2 aromatic carbocycles. The molecule has 32 heavy (non-hydrogen) atoms. The third kappa shape index (κ3) is 4.93. The number of imide groups is 1. The van der Waals surface area contributed by atoms with Crippen LogP contribution in [-0.4, -0.2) is 40.7 Å². The largest absolute Gasteiger partial charge is 0.350 e. The number of hydrogen-bond acceptors (Lipinski definition) is 4. The lowest BCUT2D eigenvalue weighted by Gasteiger charge is -2.23. The Morgan fingerprint density at radius 1 is 1.06 bits per heavy atom. The first-order valence-electron chi connectivity index (χ1n) is 10.3. The number of carbonyl (C=O) groups is 4. The first kappa shape index (κ1) is 22.9. The smallest absolute Gasteiger partial charge is 0.325 e. The Kier molecular flexibility index (Phi) is 6.87.